The summed E-state index contributed by atoms with van der Waals surface area (Å²) in [5.41, 5.74) is 5.29. The molecule has 4 aromatic rings. The summed E-state index contributed by atoms with van der Waals surface area (Å²) in [6.07, 6.45) is 1.66. The van der Waals surface area contributed by atoms with Crippen LogP contribution in [0.5, 0.6) is 0 Å². The van der Waals surface area contributed by atoms with Gasteiger partial charge in [-0.1, -0.05) is 35.9 Å². The number of benzene rings is 2. The minimum absolute atomic E-state index is 0.265. The smallest absolute Gasteiger partial charge is 0.329 e. The molecule has 0 spiro atoms. The molecule has 4 rings (SSSR count). The Morgan fingerprint density at radius 3 is 2.47 bits per heavy atom. The lowest BCUT2D eigenvalue weighted by Gasteiger charge is -2.11. The lowest BCUT2D eigenvalue weighted by atomic mass is 10.2. The van der Waals surface area contributed by atoms with Crippen LogP contribution in [0.1, 0.15) is 11.1 Å². The van der Waals surface area contributed by atoms with Crippen molar-refractivity contribution in [3.63, 3.8) is 0 Å². The van der Waals surface area contributed by atoms with E-state index in [-0.39, 0.29) is 11.2 Å². The molecule has 0 aliphatic carbocycles. The average Bonchev–Trinajstić information content (AvgIpc) is 3.13. The second-order valence-corrected chi connectivity index (χ2v) is 7.93. The third-order valence-corrected chi connectivity index (χ3v) is 5.30. The van der Waals surface area contributed by atoms with E-state index in [4.69, 9.17) is 11.6 Å². The molecule has 2 N–H and O–H groups in total. The number of anilines is 2. The highest BCUT2D eigenvalue weighted by Gasteiger charge is 2.17. The molecule has 0 unspecified atom stereocenters. The zero-order chi connectivity index (χ0) is 22.8. The highest BCUT2D eigenvalue weighted by atomic mass is 35.5. The van der Waals surface area contributed by atoms with Crippen molar-refractivity contribution in [1.29, 1.82) is 0 Å². The molecule has 0 aliphatic heterocycles. The Morgan fingerprint density at radius 2 is 1.81 bits per heavy atom. The minimum Gasteiger partial charge on any atom is -0.378 e. The quantitative estimate of drug-likeness (QED) is 0.347. The van der Waals surface area contributed by atoms with Gasteiger partial charge in [-0.2, -0.15) is 10.1 Å². The molecular formula is C22H22ClN7O2. The maximum Gasteiger partial charge on any atom is 0.329 e. The molecule has 164 valence electrons. The molecule has 0 bridgehead atoms. The van der Waals surface area contributed by atoms with E-state index in [1.54, 1.807) is 30.0 Å². The topological polar surface area (TPSA) is 100 Å². The fraction of sp³-hybridized carbons (Fsp3) is 0.182. The highest BCUT2D eigenvalue weighted by Crippen LogP contribution is 2.19. The summed E-state index contributed by atoms with van der Waals surface area (Å²) in [7, 11) is 5.51. The number of rotatable bonds is 6. The van der Waals surface area contributed by atoms with E-state index < -0.39 is 11.2 Å². The number of nitrogens with one attached hydrogen (secondary N) is 2. The van der Waals surface area contributed by atoms with Crippen LogP contribution in [0.4, 0.5) is 11.6 Å². The van der Waals surface area contributed by atoms with Crippen molar-refractivity contribution in [2.24, 2.45) is 12.1 Å². The van der Waals surface area contributed by atoms with Crippen molar-refractivity contribution in [2.75, 3.05) is 24.4 Å². The molecule has 2 heterocycles. The van der Waals surface area contributed by atoms with Crippen molar-refractivity contribution in [3.8, 4) is 0 Å². The van der Waals surface area contributed by atoms with Crippen LogP contribution in [0.15, 0.2) is 63.2 Å². The van der Waals surface area contributed by atoms with Gasteiger partial charge in [0.25, 0.3) is 5.56 Å². The van der Waals surface area contributed by atoms with E-state index in [9.17, 15) is 9.59 Å². The number of aryl methyl sites for hydroxylation is 1. The second-order valence-electron chi connectivity index (χ2n) is 7.49. The average molecular weight is 452 g/mol. The van der Waals surface area contributed by atoms with E-state index in [1.807, 2.05) is 55.4 Å². The molecule has 2 aromatic heterocycles. The fourth-order valence-electron chi connectivity index (χ4n) is 3.27. The molecule has 0 atom stereocenters. The van der Waals surface area contributed by atoms with Crippen molar-refractivity contribution in [3.05, 3.63) is 85.5 Å². The summed E-state index contributed by atoms with van der Waals surface area (Å²) in [5, 5.41) is 4.91. The van der Waals surface area contributed by atoms with Crippen molar-refractivity contribution in [2.45, 2.75) is 6.54 Å². The van der Waals surface area contributed by atoms with Crippen LogP contribution < -0.4 is 21.6 Å². The van der Waals surface area contributed by atoms with Crippen LogP contribution in [-0.2, 0) is 13.6 Å². The number of aromatic nitrogens is 4. The van der Waals surface area contributed by atoms with Crippen LogP contribution in [0.3, 0.4) is 0 Å². The standard InChI is InChI=1S/C22H22ClN7O2/c1-28(2)17-10-6-14(7-11-17)12-24-27-21-25-19-18(20(31)26-22(32)29(19)3)30(21)13-15-4-8-16(23)9-5-15/h4-12H,13H2,1-3H3,(H,25,27)(H,26,31,32)/b24-12+. The molecule has 0 radical (unpaired) electrons. The number of imidazole rings is 1. The first-order valence-electron chi connectivity index (χ1n) is 9.84. The number of halogens is 1. The lowest BCUT2D eigenvalue weighted by Crippen LogP contribution is -2.29. The zero-order valence-electron chi connectivity index (χ0n) is 17.8. The summed E-state index contributed by atoms with van der Waals surface area (Å²) >= 11 is 5.99. The third kappa shape index (κ3) is 4.28. The first kappa shape index (κ1) is 21.4. The fourth-order valence-corrected chi connectivity index (χ4v) is 3.40. The Hall–Kier alpha value is -3.85. The number of hydrazone groups is 1. The first-order valence-corrected chi connectivity index (χ1v) is 10.2. The van der Waals surface area contributed by atoms with Crippen molar-refractivity contribution in [1.82, 2.24) is 19.1 Å². The molecule has 9 nitrogen and oxygen atoms in total. The van der Waals surface area contributed by atoms with Crippen LogP contribution in [0.25, 0.3) is 11.2 Å². The number of nitrogens with zero attached hydrogens (tertiary/aromatic N) is 5. The van der Waals surface area contributed by atoms with Gasteiger partial charge in [0.1, 0.15) is 0 Å². The summed E-state index contributed by atoms with van der Waals surface area (Å²) in [6, 6.07) is 15.2. The predicted molar refractivity (Wildman–Crippen MR) is 128 cm³/mol. The number of hydrogen-bond donors (Lipinski definition) is 2. The second kappa shape index (κ2) is 8.72. The van der Waals surface area contributed by atoms with Gasteiger partial charge in [-0.15, -0.1) is 0 Å². The van der Waals surface area contributed by atoms with E-state index in [2.05, 4.69) is 20.5 Å². The maximum absolute atomic E-state index is 12.6. The molecule has 0 saturated carbocycles. The Morgan fingerprint density at radius 1 is 1.12 bits per heavy atom. The lowest BCUT2D eigenvalue weighted by molar-refractivity contribution is 0.808. The van der Waals surface area contributed by atoms with Gasteiger partial charge >= 0.3 is 5.69 Å². The maximum atomic E-state index is 12.6. The summed E-state index contributed by atoms with van der Waals surface area (Å²) in [6.45, 7) is 0.338. The first-order chi connectivity index (χ1) is 15.3. The number of fused-ring (bicyclic) bond motifs is 1. The van der Waals surface area contributed by atoms with Gasteiger partial charge in [-0.25, -0.2) is 10.2 Å². The summed E-state index contributed by atoms with van der Waals surface area (Å²) in [4.78, 5) is 33.4. The van der Waals surface area contributed by atoms with Crippen LogP contribution in [-0.4, -0.2) is 39.4 Å². The monoisotopic (exact) mass is 451 g/mol. The molecule has 0 fully saturated rings. The third-order valence-electron chi connectivity index (χ3n) is 5.05. The number of hydrogen-bond acceptors (Lipinski definition) is 6. The van der Waals surface area contributed by atoms with E-state index >= 15 is 0 Å². The largest absolute Gasteiger partial charge is 0.378 e. The Labute approximate surface area is 188 Å². The van der Waals surface area contributed by atoms with E-state index in [1.165, 1.54) is 4.57 Å². The van der Waals surface area contributed by atoms with Crippen LogP contribution in [0, 0.1) is 0 Å². The Balaban J connectivity index is 1.71. The van der Waals surface area contributed by atoms with Crippen molar-refractivity contribution >= 4 is 40.6 Å². The van der Waals surface area contributed by atoms with E-state index in [0.29, 0.717) is 17.5 Å². The molecule has 2 aromatic carbocycles. The summed E-state index contributed by atoms with van der Waals surface area (Å²) < 4.78 is 2.98. The molecule has 0 amide bonds. The van der Waals surface area contributed by atoms with Gasteiger partial charge in [-0.05, 0) is 35.4 Å². The predicted octanol–water partition coefficient (Wildman–Crippen LogP) is 2.64. The molecule has 32 heavy (non-hydrogen) atoms. The SMILES string of the molecule is CN(C)c1ccc(/C=N/Nc2nc3c(c(=O)[nH]c(=O)n3C)n2Cc2ccc(Cl)cc2)cc1. The molecular weight excluding hydrogens is 430 g/mol. The zero-order valence-corrected chi connectivity index (χ0v) is 18.6. The van der Waals surface area contributed by atoms with E-state index in [0.717, 1.165) is 16.8 Å². The highest BCUT2D eigenvalue weighted by molar-refractivity contribution is 6.30. The molecule has 10 heteroatoms. The van der Waals surface area contributed by atoms with Gasteiger partial charge in [0, 0.05) is 31.9 Å². The van der Waals surface area contributed by atoms with Crippen molar-refractivity contribution < 1.29 is 0 Å². The Kier molecular flexibility index (Phi) is 5.83. The normalized spacial score (nSPS) is 11.4. The molecule has 0 aliphatic rings. The van der Waals surface area contributed by atoms with Gasteiger partial charge in [-0.3, -0.25) is 18.9 Å². The number of H-pyrrole nitrogens is 1. The number of aromatic amines is 1. The minimum atomic E-state index is -0.533. The summed E-state index contributed by atoms with van der Waals surface area (Å²) in [5.74, 6) is 0.336. The van der Waals surface area contributed by atoms with Gasteiger partial charge in [0.15, 0.2) is 11.2 Å². The van der Waals surface area contributed by atoms with Gasteiger partial charge in [0.2, 0.25) is 5.95 Å². The van der Waals surface area contributed by atoms with Crippen LogP contribution in [0.2, 0.25) is 5.02 Å². The van der Waals surface area contributed by atoms with Gasteiger partial charge in [0.05, 0.1) is 12.8 Å². The Bertz CT molecular complexity index is 1400. The van der Waals surface area contributed by atoms with Gasteiger partial charge < -0.3 is 4.90 Å². The van der Waals surface area contributed by atoms with Crippen LogP contribution >= 0.6 is 11.6 Å². The molecule has 0 saturated heterocycles.